The lowest BCUT2D eigenvalue weighted by molar-refractivity contribution is 0.101. The lowest BCUT2D eigenvalue weighted by Gasteiger charge is -2.19. The molecule has 0 amide bonds. The first-order valence-electron chi connectivity index (χ1n) is 6.62. The monoisotopic (exact) mass is 264 g/mol. The molecular formula is C15H20O2S. The highest BCUT2D eigenvalue weighted by Gasteiger charge is 2.22. The van der Waals surface area contributed by atoms with Gasteiger partial charge in [0.25, 0.3) is 0 Å². The van der Waals surface area contributed by atoms with E-state index in [0.717, 1.165) is 29.7 Å². The van der Waals surface area contributed by atoms with Gasteiger partial charge in [-0.3, -0.25) is 4.79 Å². The summed E-state index contributed by atoms with van der Waals surface area (Å²) >= 11 is 1.75. The zero-order chi connectivity index (χ0) is 13.0. The van der Waals surface area contributed by atoms with Gasteiger partial charge in [0.05, 0.1) is 6.10 Å². The minimum atomic E-state index is -0.190. The maximum Gasteiger partial charge on any atom is 0.159 e. The molecule has 18 heavy (non-hydrogen) atoms. The van der Waals surface area contributed by atoms with Crippen LogP contribution in [0, 0.1) is 0 Å². The van der Waals surface area contributed by atoms with E-state index in [9.17, 15) is 9.90 Å². The van der Waals surface area contributed by atoms with Gasteiger partial charge in [0.2, 0.25) is 0 Å². The number of Topliss-reactive ketones (excluding diaryl/α,β-unsaturated/α-hetero) is 1. The molecule has 1 aliphatic rings. The Morgan fingerprint density at radius 3 is 2.50 bits per heavy atom. The summed E-state index contributed by atoms with van der Waals surface area (Å²) in [6, 6.07) is 7.71. The second-order valence-electron chi connectivity index (χ2n) is 4.94. The molecule has 3 heteroatoms. The van der Waals surface area contributed by atoms with Gasteiger partial charge in [-0.05, 0) is 31.9 Å². The summed E-state index contributed by atoms with van der Waals surface area (Å²) in [5, 5.41) is 10.4. The number of carbonyl (C=O) groups is 1. The van der Waals surface area contributed by atoms with E-state index in [1.807, 2.05) is 24.3 Å². The van der Waals surface area contributed by atoms with Crippen LogP contribution in [0.25, 0.3) is 0 Å². The zero-order valence-corrected chi connectivity index (χ0v) is 11.6. The molecule has 1 aromatic carbocycles. The van der Waals surface area contributed by atoms with Crippen molar-refractivity contribution in [3.8, 4) is 0 Å². The summed E-state index contributed by atoms with van der Waals surface area (Å²) in [5.41, 5.74) is 0.751. The largest absolute Gasteiger partial charge is 0.392 e. The highest BCUT2D eigenvalue weighted by Crippen LogP contribution is 2.33. The molecule has 0 saturated heterocycles. The van der Waals surface area contributed by atoms with E-state index < -0.39 is 0 Å². The van der Waals surface area contributed by atoms with Crippen molar-refractivity contribution >= 4 is 17.5 Å². The molecular weight excluding hydrogens is 244 g/mol. The summed E-state index contributed by atoms with van der Waals surface area (Å²) in [6.45, 7) is 1.58. The molecule has 0 radical (unpaired) electrons. The van der Waals surface area contributed by atoms with Gasteiger partial charge in [0.15, 0.2) is 5.78 Å². The molecule has 1 fully saturated rings. The third-order valence-corrected chi connectivity index (χ3v) is 4.86. The molecule has 98 valence electrons. The number of carbonyl (C=O) groups excluding carboxylic acids is 1. The second-order valence-corrected chi connectivity index (χ2v) is 6.25. The molecule has 2 rings (SSSR count). The molecule has 0 bridgehead atoms. The number of aliphatic hydroxyl groups is 1. The Morgan fingerprint density at radius 1 is 1.17 bits per heavy atom. The quantitative estimate of drug-likeness (QED) is 0.668. The Hall–Kier alpha value is -0.800. The first-order chi connectivity index (χ1) is 8.66. The van der Waals surface area contributed by atoms with Gasteiger partial charge in [-0.25, -0.2) is 0 Å². The summed E-state index contributed by atoms with van der Waals surface area (Å²) in [7, 11) is 0. The maximum absolute atomic E-state index is 11.2. The topological polar surface area (TPSA) is 37.3 Å². The van der Waals surface area contributed by atoms with E-state index in [1.165, 1.54) is 12.8 Å². The molecule has 0 aliphatic heterocycles. The number of rotatable bonds is 3. The van der Waals surface area contributed by atoms with Crippen LogP contribution in [0.4, 0.5) is 0 Å². The summed E-state index contributed by atoms with van der Waals surface area (Å²) in [6.07, 6.45) is 5.40. The first-order valence-corrected chi connectivity index (χ1v) is 7.50. The van der Waals surface area contributed by atoms with E-state index in [1.54, 1.807) is 18.7 Å². The number of benzene rings is 1. The molecule has 0 heterocycles. The molecule has 1 N–H and O–H groups in total. The van der Waals surface area contributed by atoms with Gasteiger partial charge >= 0.3 is 0 Å². The van der Waals surface area contributed by atoms with Crippen LogP contribution in [-0.4, -0.2) is 22.2 Å². The van der Waals surface area contributed by atoms with Crippen LogP contribution < -0.4 is 0 Å². The van der Waals surface area contributed by atoms with Gasteiger partial charge in [-0.1, -0.05) is 31.4 Å². The summed E-state index contributed by atoms with van der Waals surface area (Å²) in [5.74, 6) is 0.0982. The smallest absolute Gasteiger partial charge is 0.159 e. The van der Waals surface area contributed by atoms with Crippen LogP contribution in [-0.2, 0) is 0 Å². The van der Waals surface area contributed by atoms with Crippen LogP contribution in [0.5, 0.6) is 0 Å². The summed E-state index contributed by atoms with van der Waals surface area (Å²) in [4.78, 5) is 12.3. The van der Waals surface area contributed by atoms with E-state index in [-0.39, 0.29) is 11.9 Å². The van der Waals surface area contributed by atoms with Crippen molar-refractivity contribution in [1.82, 2.24) is 0 Å². The predicted octanol–water partition coefficient (Wildman–Crippen LogP) is 3.67. The van der Waals surface area contributed by atoms with Crippen molar-refractivity contribution in [3.63, 3.8) is 0 Å². The Balaban J connectivity index is 2.01. The van der Waals surface area contributed by atoms with Gasteiger partial charge in [0, 0.05) is 15.7 Å². The number of hydrogen-bond donors (Lipinski definition) is 1. The fraction of sp³-hybridized carbons (Fsp3) is 0.533. The predicted molar refractivity (Wildman–Crippen MR) is 75.2 cm³/mol. The fourth-order valence-corrected chi connectivity index (χ4v) is 3.56. The molecule has 0 spiro atoms. The van der Waals surface area contributed by atoms with Crippen molar-refractivity contribution in [3.05, 3.63) is 29.8 Å². The van der Waals surface area contributed by atoms with Crippen LogP contribution in [0.3, 0.4) is 0 Å². The van der Waals surface area contributed by atoms with Crippen molar-refractivity contribution in [1.29, 1.82) is 0 Å². The molecule has 1 aromatic rings. The second kappa shape index (κ2) is 6.39. The highest BCUT2D eigenvalue weighted by atomic mass is 32.2. The Kier molecular flexibility index (Phi) is 4.84. The van der Waals surface area contributed by atoms with E-state index >= 15 is 0 Å². The molecule has 2 atom stereocenters. The standard InChI is InChI=1S/C15H20O2S/c1-11(16)12-7-9-13(10-8-12)18-15-6-4-2-3-5-14(15)17/h7-10,14-15,17H,2-6H2,1H3. The molecule has 1 aliphatic carbocycles. The number of ketones is 1. The average molecular weight is 264 g/mol. The molecule has 1 saturated carbocycles. The lowest BCUT2D eigenvalue weighted by atomic mass is 10.1. The zero-order valence-electron chi connectivity index (χ0n) is 10.8. The van der Waals surface area contributed by atoms with Gasteiger partial charge in [-0.2, -0.15) is 0 Å². The third kappa shape index (κ3) is 3.59. The van der Waals surface area contributed by atoms with Gasteiger partial charge in [-0.15, -0.1) is 11.8 Å². The number of hydrogen-bond acceptors (Lipinski definition) is 3. The van der Waals surface area contributed by atoms with E-state index in [4.69, 9.17) is 0 Å². The molecule has 2 unspecified atom stereocenters. The van der Waals surface area contributed by atoms with Crippen molar-refractivity contribution < 1.29 is 9.90 Å². The van der Waals surface area contributed by atoms with E-state index in [2.05, 4.69) is 0 Å². The van der Waals surface area contributed by atoms with Crippen molar-refractivity contribution in [2.75, 3.05) is 0 Å². The summed E-state index contributed by atoms with van der Waals surface area (Å²) < 4.78 is 0. The number of thioether (sulfide) groups is 1. The Labute approximate surface area is 113 Å². The first kappa shape index (κ1) is 13.6. The fourth-order valence-electron chi connectivity index (χ4n) is 2.33. The Morgan fingerprint density at radius 2 is 1.83 bits per heavy atom. The minimum Gasteiger partial charge on any atom is -0.392 e. The number of aliphatic hydroxyl groups excluding tert-OH is 1. The van der Waals surface area contributed by atoms with Gasteiger partial charge < -0.3 is 5.11 Å². The van der Waals surface area contributed by atoms with Crippen molar-refractivity contribution in [2.24, 2.45) is 0 Å². The van der Waals surface area contributed by atoms with Crippen LogP contribution in [0.1, 0.15) is 49.4 Å². The van der Waals surface area contributed by atoms with E-state index in [0.29, 0.717) is 5.25 Å². The normalized spacial score (nSPS) is 24.6. The SMILES string of the molecule is CC(=O)c1ccc(SC2CCCCCC2O)cc1. The average Bonchev–Trinajstić information content (AvgIpc) is 2.56. The maximum atomic E-state index is 11.2. The Bertz CT molecular complexity index is 399. The molecule has 0 aromatic heterocycles. The van der Waals surface area contributed by atoms with Crippen LogP contribution in [0.2, 0.25) is 0 Å². The van der Waals surface area contributed by atoms with Crippen LogP contribution >= 0.6 is 11.8 Å². The molecule has 2 nitrogen and oxygen atoms in total. The minimum absolute atomic E-state index is 0.0982. The van der Waals surface area contributed by atoms with Crippen LogP contribution in [0.15, 0.2) is 29.2 Å². The highest BCUT2D eigenvalue weighted by molar-refractivity contribution is 8.00. The lowest BCUT2D eigenvalue weighted by Crippen LogP contribution is -2.21. The third-order valence-electron chi connectivity index (χ3n) is 3.47. The van der Waals surface area contributed by atoms with Gasteiger partial charge in [0.1, 0.15) is 0 Å². The van der Waals surface area contributed by atoms with Crippen molar-refractivity contribution in [2.45, 2.75) is 55.3 Å².